The van der Waals surface area contributed by atoms with Gasteiger partial charge in [-0.15, -0.1) is 0 Å². The molecule has 2 aliphatic heterocycles. The molecule has 2 N–H and O–H groups in total. The normalized spacial score (nSPS) is 64.5. The number of aliphatic hydroxyl groups excluding tert-OH is 2. The van der Waals surface area contributed by atoms with Crippen LogP contribution in [0, 0.1) is 28.6 Å². The van der Waals surface area contributed by atoms with Crippen LogP contribution in [-0.2, 0) is 9.47 Å². The topological polar surface area (TPSA) is 58.9 Å². The minimum absolute atomic E-state index is 0.116. The highest BCUT2D eigenvalue weighted by Gasteiger charge is 2.84. The molecular weight excluding hydrogens is 316 g/mol. The first-order valence-electron chi connectivity index (χ1n) is 10.3. The Morgan fingerprint density at radius 3 is 2.80 bits per heavy atom. The van der Waals surface area contributed by atoms with E-state index in [1.54, 1.807) is 0 Å². The van der Waals surface area contributed by atoms with E-state index >= 15 is 0 Å². The summed E-state index contributed by atoms with van der Waals surface area (Å²) in [5.41, 5.74) is 1.17. The summed E-state index contributed by atoms with van der Waals surface area (Å²) in [4.78, 5) is 0. The molecule has 2 saturated heterocycles. The number of fused-ring (bicyclic) bond motifs is 3. The molecule has 0 aromatic rings. The van der Waals surface area contributed by atoms with E-state index in [2.05, 4.69) is 19.9 Å². The maximum Gasteiger partial charge on any atom is 0.169 e. The Hall–Kier alpha value is -0.420. The van der Waals surface area contributed by atoms with Crippen molar-refractivity contribution in [2.75, 3.05) is 6.61 Å². The molecule has 9 atom stereocenters. The number of rotatable bonds is 0. The summed E-state index contributed by atoms with van der Waals surface area (Å²) >= 11 is 0. The molecule has 5 fully saturated rings. The second-order valence-corrected chi connectivity index (χ2v) is 10.2. The molecule has 4 heteroatoms. The minimum Gasteiger partial charge on any atom is -0.393 e. The molecule has 0 unspecified atom stereocenters. The highest BCUT2D eigenvalue weighted by molar-refractivity contribution is 5.33. The predicted octanol–water partition coefficient (Wildman–Crippen LogP) is 2.78. The molecule has 0 aromatic heterocycles. The molecule has 6 rings (SSSR count). The van der Waals surface area contributed by atoms with Crippen LogP contribution in [-0.4, -0.2) is 40.4 Å². The quantitative estimate of drug-likeness (QED) is 0.662. The smallest absolute Gasteiger partial charge is 0.169 e. The Morgan fingerprint density at radius 2 is 1.96 bits per heavy atom. The van der Waals surface area contributed by atoms with Gasteiger partial charge in [0.25, 0.3) is 0 Å². The summed E-state index contributed by atoms with van der Waals surface area (Å²) < 4.78 is 12.8. The Bertz CT molecular complexity index is 675. The van der Waals surface area contributed by atoms with Gasteiger partial charge in [0.1, 0.15) is 0 Å². The zero-order valence-corrected chi connectivity index (χ0v) is 15.3. The monoisotopic (exact) mass is 346 g/mol. The molecule has 3 saturated carbocycles. The van der Waals surface area contributed by atoms with Crippen molar-refractivity contribution in [1.82, 2.24) is 0 Å². The van der Waals surface area contributed by atoms with Crippen molar-refractivity contribution >= 4 is 0 Å². The van der Waals surface area contributed by atoms with E-state index in [1.165, 1.54) is 5.57 Å². The lowest BCUT2D eigenvalue weighted by Gasteiger charge is -2.62. The van der Waals surface area contributed by atoms with Crippen molar-refractivity contribution in [2.45, 2.75) is 82.4 Å². The van der Waals surface area contributed by atoms with Crippen molar-refractivity contribution in [3.8, 4) is 0 Å². The Kier molecular flexibility index (Phi) is 2.72. The van der Waals surface area contributed by atoms with E-state index < -0.39 is 5.79 Å². The van der Waals surface area contributed by atoms with Gasteiger partial charge in [-0.25, -0.2) is 0 Å². The van der Waals surface area contributed by atoms with E-state index in [0.717, 1.165) is 44.9 Å². The van der Waals surface area contributed by atoms with Crippen LogP contribution in [0.3, 0.4) is 0 Å². The lowest BCUT2D eigenvalue weighted by molar-refractivity contribution is -0.337. The molecule has 138 valence electrons. The van der Waals surface area contributed by atoms with Gasteiger partial charge in [0, 0.05) is 5.92 Å². The van der Waals surface area contributed by atoms with Crippen LogP contribution in [0.25, 0.3) is 0 Å². The van der Waals surface area contributed by atoms with Gasteiger partial charge >= 0.3 is 0 Å². The molecule has 0 radical (unpaired) electrons. The molecule has 25 heavy (non-hydrogen) atoms. The van der Waals surface area contributed by atoms with Crippen molar-refractivity contribution in [3.63, 3.8) is 0 Å². The van der Waals surface area contributed by atoms with E-state index in [4.69, 9.17) is 9.47 Å². The number of allylic oxidation sites excluding steroid dienone is 1. The number of hydrogen-bond acceptors (Lipinski definition) is 4. The minimum atomic E-state index is -0.484. The fourth-order valence-corrected chi connectivity index (χ4v) is 8.51. The van der Waals surface area contributed by atoms with Crippen LogP contribution in [0.2, 0.25) is 0 Å². The second-order valence-electron chi connectivity index (χ2n) is 10.2. The highest BCUT2D eigenvalue weighted by atomic mass is 16.7. The van der Waals surface area contributed by atoms with Crippen molar-refractivity contribution < 1.29 is 19.7 Å². The van der Waals surface area contributed by atoms with Gasteiger partial charge in [-0.2, -0.15) is 0 Å². The largest absolute Gasteiger partial charge is 0.393 e. The average Bonchev–Trinajstić information content (AvgIpc) is 3.14. The van der Waals surface area contributed by atoms with E-state index in [0.29, 0.717) is 24.4 Å². The van der Waals surface area contributed by atoms with Gasteiger partial charge in [0.2, 0.25) is 0 Å². The third kappa shape index (κ3) is 1.46. The summed E-state index contributed by atoms with van der Waals surface area (Å²) in [7, 11) is 0. The summed E-state index contributed by atoms with van der Waals surface area (Å²) in [5, 5.41) is 21.6. The van der Waals surface area contributed by atoms with Crippen LogP contribution >= 0.6 is 0 Å². The fraction of sp³-hybridized carbons (Fsp3) is 0.905. The van der Waals surface area contributed by atoms with E-state index in [1.807, 2.05) is 0 Å². The van der Waals surface area contributed by atoms with Crippen LogP contribution in [0.4, 0.5) is 0 Å². The lowest BCUT2D eigenvalue weighted by Crippen LogP contribution is -2.67. The van der Waals surface area contributed by atoms with E-state index in [9.17, 15) is 10.2 Å². The molecule has 0 amide bonds. The summed E-state index contributed by atoms with van der Waals surface area (Å²) in [5.74, 6) is 0.808. The first kappa shape index (κ1) is 15.6. The molecule has 6 aliphatic rings. The van der Waals surface area contributed by atoms with Crippen molar-refractivity contribution in [3.05, 3.63) is 11.6 Å². The Labute approximate surface area is 149 Å². The predicted molar refractivity (Wildman–Crippen MR) is 91.6 cm³/mol. The second kappa shape index (κ2) is 4.35. The first-order valence-corrected chi connectivity index (χ1v) is 10.3. The van der Waals surface area contributed by atoms with Crippen LogP contribution in [0.15, 0.2) is 11.6 Å². The van der Waals surface area contributed by atoms with Gasteiger partial charge in [0.15, 0.2) is 5.79 Å². The van der Waals surface area contributed by atoms with Crippen molar-refractivity contribution in [2.24, 2.45) is 28.6 Å². The molecule has 0 aromatic carbocycles. The zero-order valence-electron chi connectivity index (χ0n) is 15.3. The molecule has 1 spiro atoms. The van der Waals surface area contributed by atoms with Gasteiger partial charge in [0.05, 0.1) is 29.8 Å². The molecule has 4 aliphatic carbocycles. The lowest BCUT2D eigenvalue weighted by atomic mass is 9.45. The molecule has 4 nitrogen and oxygen atoms in total. The first-order chi connectivity index (χ1) is 11.9. The number of ether oxygens (including phenoxy) is 2. The SMILES string of the molecule is C[C@]12OC[C@@]34[C@@H](O)C[C@@H]5[C@@H](CC=C6C[C@H](O)CC[C@@]65C)[C@@]3(CC[C@@H]14)O2. The Morgan fingerprint density at radius 1 is 1.12 bits per heavy atom. The fourth-order valence-electron chi connectivity index (χ4n) is 8.51. The highest BCUT2D eigenvalue weighted by Crippen LogP contribution is 2.77. The maximum atomic E-state index is 11.4. The van der Waals surface area contributed by atoms with Gasteiger partial charge in [-0.05, 0) is 69.1 Å². The van der Waals surface area contributed by atoms with E-state index in [-0.39, 0.29) is 28.6 Å². The Balaban J connectivity index is 1.49. The zero-order chi connectivity index (χ0) is 17.2. The van der Waals surface area contributed by atoms with Gasteiger partial charge in [-0.3, -0.25) is 0 Å². The van der Waals surface area contributed by atoms with Crippen LogP contribution in [0.5, 0.6) is 0 Å². The summed E-state index contributed by atoms with van der Waals surface area (Å²) in [6, 6.07) is 0. The average molecular weight is 346 g/mol. The third-order valence-corrected chi connectivity index (χ3v) is 9.61. The standard InChI is InChI=1S/C21H30O4/c1-18-7-5-13(22)9-12(18)3-4-14-15(18)10-17(23)20-11-24-19(2)16(20)6-8-21(14,20)25-19/h3,13-17,22-23H,4-11H2,1-2H3/t13-,14-,15-,16+,17+,18+,19-,20-,21-/m1/s1. The van der Waals surface area contributed by atoms with Crippen molar-refractivity contribution in [1.29, 1.82) is 0 Å². The number of aliphatic hydroxyl groups is 2. The maximum absolute atomic E-state index is 11.4. The summed E-state index contributed by atoms with van der Waals surface area (Å²) in [6.07, 6.45) is 8.77. The molecular formula is C21H30O4. The van der Waals surface area contributed by atoms with Crippen LogP contribution < -0.4 is 0 Å². The van der Waals surface area contributed by atoms with Gasteiger partial charge in [-0.1, -0.05) is 18.6 Å². The molecule has 2 heterocycles. The van der Waals surface area contributed by atoms with Crippen LogP contribution in [0.1, 0.15) is 58.8 Å². The number of hydrogen-bond donors (Lipinski definition) is 2. The molecule has 4 bridgehead atoms. The summed E-state index contributed by atoms with van der Waals surface area (Å²) in [6.45, 7) is 5.17. The third-order valence-electron chi connectivity index (χ3n) is 9.61. The van der Waals surface area contributed by atoms with Gasteiger partial charge < -0.3 is 19.7 Å².